The van der Waals surface area contributed by atoms with Gasteiger partial charge in [-0.15, -0.1) is 0 Å². The van der Waals surface area contributed by atoms with E-state index in [0.29, 0.717) is 10.9 Å². The number of hydrogen-bond donors (Lipinski definition) is 3. The van der Waals surface area contributed by atoms with Gasteiger partial charge in [-0.3, -0.25) is 4.79 Å². The fourth-order valence-electron chi connectivity index (χ4n) is 2.84. The van der Waals surface area contributed by atoms with Crippen LogP contribution in [-0.4, -0.2) is 32.7 Å². The molecule has 1 unspecified atom stereocenters. The lowest BCUT2D eigenvalue weighted by Crippen LogP contribution is -2.42. The molecule has 0 aliphatic carbocycles. The summed E-state index contributed by atoms with van der Waals surface area (Å²) in [6.07, 6.45) is 0.192. The molecule has 1 amide bonds. The Bertz CT molecular complexity index is 931. The Hall–Kier alpha value is -3.28. The van der Waals surface area contributed by atoms with Crippen molar-refractivity contribution in [3.63, 3.8) is 0 Å². The van der Waals surface area contributed by atoms with Crippen molar-refractivity contribution in [1.29, 1.82) is 0 Å². The highest BCUT2D eigenvalue weighted by Gasteiger charge is 2.23. The van der Waals surface area contributed by atoms with Gasteiger partial charge < -0.3 is 20.1 Å². The molecule has 0 radical (unpaired) electrons. The van der Waals surface area contributed by atoms with Crippen LogP contribution in [0.5, 0.6) is 5.75 Å². The van der Waals surface area contributed by atoms with E-state index in [2.05, 4.69) is 5.32 Å². The number of aromatic nitrogens is 1. The van der Waals surface area contributed by atoms with E-state index in [-0.39, 0.29) is 17.9 Å². The summed E-state index contributed by atoms with van der Waals surface area (Å²) in [7, 11) is 1.70. The quantitative estimate of drug-likeness (QED) is 0.666. The zero-order chi connectivity index (χ0) is 18.0. The Morgan fingerprint density at radius 1 is 1.12 bits per heavy atom. The van der Waals surface area contributed by atoms with E-state index in [1.807, 2.05) is 30.3 Å². The second-order valence-corrected chi connectivity index (χ2v) is 5.85. The Labute approximate surface area is 144 Å². The van der Waals surface area contributed by atoms with Gasteiger partial charge in [-0.05, 0) is 23.8 Å². The Morgan fingerprint density at radius 3 is 2.48 bits per heavy atom. The van der Waals surface area contributed by atoms with Crippen molar-refractivity contribution in [1.82, 2.24) is 9.88 Å². The number of carbonyl (C=O) groups is 2. The number of phenols is 1. The molecule has 0 bridgehead atoms. The topological polar surface area (TPSA) is 91.6 Å². The fraction of sp³-hybridized carbons (Fsp3) is 0.158. The van der Waals surface area contributed by atoms with Crippen LogP contribution in [0.3, 0.4) is 0 Å². The smallest absolute Gasteiger partial charge is 0.326 e. The first-order valence-electron chi connectivity index (χ1n) is 7.82. The minimum atomic E-state index is -1.10. The second-order valence-electron chi connectivity index (χ2n) is 5.85. The van der Waals surface area contributed by atoms with Crippen molar-refractivity contribution >= 4 is 22.8 Å². The Balaban J connectivity index is 1.86. The summed E-state index contributed by atoms with van der Waals surface area (Å²) in [5.41, 5.74) is 1.81. The lowest BCUT2D eigenvalue weighted by atomic mass is 10.1. The SMILES string of the molecule is Cn1c(C(=O)NC(Cc2ccccc2)C(=O)O)cc2c(O)cccc21. The predicted octanol–water partition coefficient (Wildman–Crippen LogP) is 2.31. The highest BCUT2D eigenvalue weighted by Crippen LogP contribution is 2.27. The van der Waals surface area contributed by atoms with E-state index < -0.39 is 17.9 Å². The summed E-state index contributed by atoms with van der Waals surface area (Å²) in [5, 5.41) is 22.4. The number of hydrogen-bond acceptors (Lipinski definition) is 3. The third kappa shape index (κ3) is 3.33. The predicted molar refractivity (Wildman–Crippen MR) is 93.6 cm³/mol. The summed E-state index contributed by atoms with van der Waals surface area (Å²) in [4.78, 5) is 24.1. The summed E-state index contributed by atoms with van der Waals surface area (Å²) < 4.78 is 1.63. The molecule has 6 heteroatoms. The zero-order valence-corrected chi connectivity index (χ0v) is 13.6. The lowest BCUT2D eigenvalue weighted by molar-refractivity contribution is -0.139. The van der Waals surface area contributed by atoms with Gasteiger partial charge in [0.05, 0.1) is 5.52 Å². The summed E-state index contributed by atoms with van der Waals surface area (Å²) in [6.45, 7) is 0. The summed E-state index contributed by atoms with van der Waals surface area (Å²) >= 11 is 0. The number of fused-ring (bicyclic) bond motifs is 1. The number of rotatable bonds is 5. The number of carboxylic acids is 1. The molecule has 0 spiro atoms. The molecular weight excluding hydrogens is 320 g/mol. The fourth-order valence-corrected chi connectivity index (χ4v) is 2.84. The van der Waals surface area contributed by atoms with Crippen molar-refractivity contribution < 1.29 is 19.8 Å². The maximum atomic E-state index is 12.6. The standard InChI is InChI=1S/C19H18N2O4/c1-21-15-8-5-9-17(22)13(15)11-16(21)18(23)20-14(19(24)25)10-12-6-3-2-4-7-12/h2-9,11,14,22H,10H2,1H3,(H,20,23)(H,24,25). The molecule has 25 heavy (non-hydrogen) atoms. The molecule has 128 valence electrons. The van der Waals surface area contributed by atoms with Crippen molar-refractivity contribution in [2.45, 2.75) is 12.5 Å². The maximum absolute atomic E-state index is 12.6. The van der Waals surface area contributed by atoms with Gasteiger partial charge in [0.15, 0.2) is 0 Å². The zero-order valence-electron chi connectivity index (χ0n) is 13.6. The Kier molecular flexibility index (Phi) is 4.43. The number of aliphatic carboxylic acids is 1. The number of aryl methyl sites for hydroxylation is 1. The number of carboxylic acid groups (broad SMARTS) is 1. The first kappa shape index (κ1) is 16.6. The summed E-state index contributed by atoms with van der Waals surface area (Å²) in [5.74, 6) is -1.52. The number of nitrogens with zero attached hydrogens (tertiary/aromatic N) is 1. The number of benzene rings is 2. The molecule has 1 aromatic heterocycles. The van der Waals surface area contributed by atoms with Crippen LogP contribution in [0.1, 0.15) is 16.1 Å². The van der Waals surface area contributed by atoms with Crippen LogP contribution in [0.15, 0.2) is 54.6 Å². The number of carbonyl (C=O) groups excluding carboxylic acids is 1. The van der Waals surface area contributed by atoms with Crippen molar-refractivity contribution in [3.8, 4) is 5.75 Å². The van der Waals surface area contributed by atoms with Gasteiger partial charge in [0.1, 0.15) is 17.5 Å². The van der Waals surface area contributed by atoms with E-state index in [0.717, 1.165) is 5.56 Å². The molecule has 3 rings (SSSR count). The molecule has 0 aliphatic rings. The first-order chi connectivity index (χ1) is 12.0. The molecular formula is C19H18N2O4. The van der Waals surface area contributed by atoms with Crippen LogP contribution >= 0.6 is 0 Å². The minimum Gasteiger partial charge on any atom is -0.507 e. The molecule has 6 nitrogen and oxygen atoms in total. The van der Waals surface area contributed by atoms with Crippen LogP contribution in [0.25, 0.3) is 10.9 Å². The number of aromatic hydroxyl groups is 1. The van der Waals surface area contributed by atoms with E-state index in [4.69, 9.17) is 0 Å². The van der Waals surface area contributed by atoms with Crippen LogP contribution in [-0.2, 0) is 18.3 Å². The van der Waals surface area contributed by atoms with E-state index in [1.54, 1.807) is 35.9 Å². The third-order valence-electron chi connectivity index (χ3n) is 4.18. The lowest BCUT2D eigenvalue weighted by Gasteiger charge is -2.15. The van der Waals surface area contributed by atoms with E-state index in [1.165, 1.54) is 0 Å². The largest absolute Gasteiger partial charge is 0.507 e. The van der Waals surface area contributed by atoms with Crippen LogP contribution in [0.2, 0.25) is 0 Å². The van der Waals surface area contributed by atoms with Crippen molar-refractivity contribution in [2.75, 3.05) is 0 Å². The normalized spacial score (nSPS) is 12.0. The molecule has 1 heterocycles. The molecule has 0 aliphatic heterocycles. The highest BCUT2D eigenvalue weighted by molar-refractivity contribution is 6.01. The molecule has 3 N–H and O–H groups in total. The number of nitrogens with one attached hydrogen (secondary N) is 1. The molecule has 0 saturated carbocycles. The average Bonchev–Trinajstić information content (AvgIpc) is 2.94. The van der Waals surface area contributed by atoms with Gasteiger partial charge in [-0.1, -0.05) is 36.4 Å². The Morgan fingerprint density at radius 2 is 1.84 bits per heavy atom. The maximum Gasteiger partial charge on any atom is 0.326 e. The van der Waals surface area contributed by atoms with Crippen molar-refractivity contribution in [2.24, 2.45) is 7.05 Å². The van der Waals surface area contributed by atoms with Gasteiger partial charge in [0, 0.05) is 18.9 Å². The van der Waals surface area contributed by atoms with Crippen LogP contribution in [0.4, 0.5) is 0 Å². The van der Waals surface area contributed by atoms with Gasteiger partial charge in [-0.2, -0.15) is 0 Å². The molecule has 2 aromatic carbocycles. The van der Waals surface area contributed by atoms with E-state index in [9.17, 15) is 19.8 Å². The monoisotopic (exact) mass is 338 g/mol. The number of phenolic OH excluding ortho intramolecular Hbond substituents is 1. The van der Waals surface area contributed by atoms with Gasteiger partial charge in [0.25, 0.3) is 5.91 Å². The first-order valence-corrected chi connectivity index (χ1v) is 7.82. The third-order valence-corrected chi connectivity index (χ3v) is 4.18. The highest BCUT2D eigenvalue weighted by atomic mass is 16.4. The molecule has 3 aromatic rings. The summed E-state index contributed by atoms with van der Waals surface area (Å²) in [6, 6.07) is 14.7. The average molecular weight is 338 g/mol. The van der Waals surface area contributed by atoms with Gasteiger partial charge in [0.2, 0.25) is 0 Å². The minimum absolute atomic E-state index is 0.0752. The second kappa shape index (κ2) is 6.68. The molecule has 0 saturated heterocycles. The molecule has 0 fully saturated rings. The molecule has 1 atom stereocenters. The number of amides is 1. The van der Waals surface area contributed by atoms with Gasteiger partial charge in [-0.25, -0.2) is 4.79 Å². The van der Waals surface area contributed by atoms with Crippen LogP contribution < -0.4 is 5.32 Å². The van der Waals surface area contributed by atoms with E-state index >= 15 is 0 Å². The van der Waals surface area contributed by atoms with Crippen molar-refractivity contribution in [3.05, 3.63) is 65.9 Å². The van der Waals surface area contributed by atoms with Crippen LogP contribution in [0, 0.1) is 0 Å². The van der Waals surface area contributed by atoms with Gasteiger partial charge >= 0.3 is 5.97 Å².